The molecule has 70 heavy (non-hydrogen) atoms. The van der Waals surface area contributed by atoms with Gasteiger partial charge in [-0.3, -0.25) is 14.5 Å². The fourth-order valence-corrected chi connectivity index (χ4v) is 11.1. The van der Waals surface area contributed by atoms with Gasteiger partial charge in [0.15, 0.2) is 5.13 Å². The number of carbonyl (C=O) groups excluding carboxylic acids is 5. The minimum atomic E-state index is -3.17. The largest absolute Gasteiger partial charge is 0.490 e. The second-order valence-electron chi connectivity index (χ2n) is 20.7. The van der Waals surface area contributed by atoms with Crippen molar-refractivity contribution in [2.45, 2.75) is 147 Å². The molecule has 380 valence electrons. The summed E-state index contributed by atoms with van der Waals surface area (Å²) in [6, 6.07) is 1.49. The lowest BCUT2D eigenvalue weighted by Crippen LogP contribution is -2.56. The zero-order valence-electron chi connectivity index (χ0n) is 40.7. The topological polar surface area (TPSA) is 200 Å². The van der Waals surface area contributed by atoms with E-state index in [1.807, 2.05) is 26.2 Å². The number of nitrogens with zero attached hydrogens (tertiary/aromatic N) is 4. The van der Waals surface area contributed by atoms with E-state index in [-0.39, 0.29) is 59.7 Å². The number of anilines is 1. The number of fused-ring (bicyclic) bond motifs is 2. The quantitative estimate of drug-likeness (QED) is 0.0707. The molecule has 1 aromatic carbocycles. The van der Waals surface area contributed by atoms with E-state index in [1.165, 1.54) is 23.3 Å². The van der Waals surface area contributed by atoms with Gasteiger partial charge in [0.2, 0.25) is 11.8 Å². The molecule has 3 aromatic rings. The van der Waals surface area contributed by atoms with Crippen LogP contribution in [0.5, 0.6) is 11.5 Å². The summed E-state index contributed by atoms with van der Waals surface area (Å²) in [5.41, 5.74) is -0.824. The van der Waals surface area contributed by atoms with Crippen LogP contribution in [0.3, 0.4) is 0 Å². The number of amides is 4. The number of aromatic nitrogens is 2. The number of carbonyl (C=O) groups is 5. The molecule has 3 aliphatic carbocycles. The van der Waals surface area contributed by atoms with Crippen molar-refractivity contribution in [3.8, 4) is 22.9 Å². The van der Waals surface area contributed by atoms with Gasteiger partial charge >= 0.3 is 18.2 Å². The lowest BCUT2D eigenvalue weighted by molar-refractivity contribution is -0.148. The lowest BCUT2D eigenvalue weighted by Gasteiger charge is -2.30. The molecule has 5 aliphatic rings. The van der Waals surface area contributed by atoms with Gasteiger partial charge in [-0.15, -0.1) is 11.3 Å². The minimum absolute atomic E-state index is 0.0222. The van der Waals surface area contributed by atoms with Crippen molar-refractivity contribution in [3.05, 3.63) is 40.8 Å². The molecule has 4 heterocycles. The molecule has 17 nitrogen and oxygen atoms in total. The Morgan fingerprint density at radius 3 is 2.37 bits per heavy atom. The Hall–Kier alpha value is -5.50. The Morgan fingerprint density at radius 1 is 1.00 bits per heavy atom. The van der Waals surface area contributed by atoms with E-state index in [0.717, 1.165) is 24.2 Å². The summed E-state index contributed by atoms with van der Waals surface area (Å²) in [6.07, 6.45) is 0.231. The van der Waals surface area contributed by atoms with Gasteiger partial charge < -0.3 is 44.5 Å². The van der Waals surface area contributed by atoms with Crippen molar-refractivity contribution in [2.24, 2.45) is 17.8 Å². The first-order valence-corrected chi connectivity index (χ1v) is 25.1. The smallest absolute Gasteiger partial charge is 0.410 e. The fraction of sp³-hybridized carbons (Fsp3) is 0.612. The van der Waals surface area contributed by atoms with Crippen molar-refractivity contribution in [1.29, 1.82) is 0 Å². The number of nitrogens with one attached hydrogen (secondary N) is 3. The fourth-order valence-electron chi connectivity index (χ4n) is 9.96. The van der Waals surface area contributed by atoms with Gasteiger partial charge in [-0.1, -0.05) is 31.5 Å². The summed E-state index contributed by atoms with van der Waals surface area (Å²) >= 11 is 8.46. The molecule has 0 bridgehead atoms. The standard InChI is InChI=1S/C49H62ClF2N7O10S/c1-10-28-18-49(28,43(62)65-9)57-41(60)35-16-31(20-58(35)42(61)39(24(2)3)56-45(63)68-30-14-26-13-27(26)15-30)67-37-17-33(34-22-70-44(55-34)53-25(4)5)54-40-32(37)11-12-36(38(40)50)66-21-29-19-48(51,52)23-59(29)46(64)69-47(6,7)8/h11-12,17,22,25-31,35,39H,2,10,13-16,18-21,23H2,1,3-9H3,(H,53,55)(H,56,63)(H,57,60)/t26-,27+,28-,29+,30?,31-,35+,39+,49-/m1/s1. The molecule has 2 aromatic heterocycles. The molecule has 2 saturated heterocycles. The first-order chi connectivity index (χ1) is 33.0. The summed E-state index contributed by atoms with van der Waals surface area (Å²) in [7, 11) is 1.26. The summed E-state index contributed by atoms with van der Waals surface area (Å²) in [5, 5.41) is 11.8. The zero-order chi connectivity index (χ0) is 50.6. The first kappa shape index (κ1) is 50.9. The van der Waals surface area contributed by atoms with E-state index in [2.05, 4.69) is 22.5 Å². The van der Waals surface area contributed by atoms with Crippen LogP contribution in [0.2, 0.25) is 5.02 Å². The van der Waals surface area contributed by atoms with Gasteiger partial charge in [0.1, 0.15) is 64.3 Å². The molecule has 2 aliphatic heterocycles. The third-order valence-corrected chi connectivity index (χ3v) is 14.7. The van der Waals surface area contributed by atoms with Crippen molar-refractivity contribution < 1.29 is 56.4 Å². The molecule has 5 fully saturated rings. The molecular formula is C49H62ClF2N7O10S. The summed E-state index contributed by atoms with van der Waals surface area (Å²) in [4.78, 5) is 80.5. The number of likely N-dealkylation sites (tertiary alicyclic amines) is 2. The normalized spacial score (nSPS) is 26.8. The maximum atomic E-state index is 14.8. The van der Waals surface area contributed by atoms with Crippen LogP contribution in [0, 0.1) is 17.8 Å². The van der Waals surface area contributed by atoms with Gasteiger partial charge in [0.05, 0.1) is 37.5 Å². The molecule has 4 amide bonds. The molecule has 3 saturated carbocycles. The van der Waals surface area contributed by atoms with Crippen molar-refractivity contribution in [3.63, 3.8) is 0 Å². The van der Waals surface area contributed by atoms with Gasteiger partial charge in [-0.25, -0.2) is 33.1 Å². The van der Waals surface area contributed by atoms with Crippen LogP contribution in [0.15, 0.2) is 35.7 Å². The number of alkyl carbamates (subject to hydrolysis) is 1. The number of halogens is 3. The molecule has 0 radical (unpaired) electrons. The van der Waals surface area contributed by atoms with E-state index < -0.39 is 84.2 Å². The molecular weight excluding hydrogens is 952 g/mol. The average molecular weight is 1010 g/mol. The molecule has 3 N–H and O–H groups in total. The van der Waals surface area contributed by atoms with E-state index in [4.69, 9.17) is 45.3 Å². The maximum absolute atomic E-state index is 14.8. The lowest BCUT2D eigenvalue weighted by atomic mass is 10.1. The summed E-state index contributed by atoms with van der Waals surface area (Å²) in [6.45, 7) is 15.1. The molecule has 0 spiro atoms. The highest BCUT2D eigenvalue weighted by molar-refractivity contribution is 7.14. The van der Waals surface area contributed by atoms with Crippen LogP contribution in [-0.2, 0) is 28.6 Å². The van der Waals surface area contributed by atoms with Crippen molar-refractivity contribution >= 4 is 68.9 Å². The van der Waals surface area contributed by atoms with E-state index in [1.54, 1.807) is 45.9 Å². The molecule has 9 atom stereocenters. The second-order valence-corrected chi connectivity index (χ2v) is 21.9. The summed E-state index contributed by atoms with van der Waals surface area (Å²) in [5.74, 6) is -3.67. The second kappa shape index (κ2) is 19.6. The van der Waals surface area contributed by atoms with E-state index >= 15 is 0 Å². The Balaban J connectivity index is 1.10. The molecule has 21 heteroatoms. The summed E-state index contributed by atoms with van der Waals surface area (Å²) < 4.78 is 58.7. The molecule has 1 unspecified atom stereocenters. The Kier molecular flexibility index (Phi) is 14.2. The number of rotatable bonds is 16. The highest BCUT2D eigenvalue weighted by Crippen LogP contribution is 2.52. The Morgan fingerprint density at radius 2 is 1.73 bits per heavy atom. The third kappa shape index (κ3) is 11.0. The van der Waals surface area contributed by atoms with Crippen molar-refractivity contribution in [2.75, 3.05) is 32.1 Å². The first-order valence-electron chi connectivity index (χ1n) is 23.8. The number of pyridine rings is 1. The van der Waals surface area contributed by atoms with Gasteiger partial charge in [0, 0.05) is 35.7 Å². The van der Waals surface area contributed by atoms with Crippen LogP contribution >= 0.6 is 22.9 Å². The van der Waals surface area contributed by atoms with Crippen molar-refractivity contribution in [1.82, 2.24) is 30.4 Å². The number of methoxy groups -OCH3 is 1. The Labute approximate surface area is 414 Å². The zero-order valence-corrected chi connectivity index (χ0v) is 42.3. The number of hydrogen-bond donors (Lipinski definition) is 3. The molecule has 8 rings (SSSR count). The highest BCUT2D eigenvalue weighted by Gasteiger charge is 2.62. The van der Waals surface area contributed by atoms with E-state index in [0.29, 0.717) is 52.2 Å². The minimum Gasteiger partial charge on any atom is -0.490 e. The van der Waals surface area contributed by atoms with E-state index in [9.17, 15) is 32.8 Å². The number of hydrogen-bond acceptors (Lipinski definition) is 14. The van der Waals surface area contributed by atoms with Crippen LogP contribution in [0.4, 0.5) is 23.5 Å². The number of ether oxygens (including phenoxy) is 5. The monoisotopic (exact) mass is 1010 g/mol. The third-order valence-electron chi connectivity index (χ3n) is 13.6. The van der Waals surface area contributed by atoms with Crippen LogP contribution in [0.25, 0.3) is 22.3 Å². The van der Waals surface area contributed by atoms with Crippen LogP contribution < -0.4 is 25.4 Å². The number of benzene rings is 1. The predicted molar refractivity (Wildman–Crippen MR) is 257 cm³/mol. The Bertz CT molecular complexity index is 2550. The number of esters is 1. The number of alkyl halides is 2. The maximum Gasteiger partial charge on any atom is 0.410 e. The SMILES string of the molecule is C=C(C)[C@H](NC(=O)OC1C[C@@H]2C[C@@H]2C1)C(=O)N1C[C@H](Oc2cc(-c3csc(NC(C)C)n3)nc3c(Cl)c(OC[C@@H]4CC(F)(F)CN4C(=O)OC(C)(C)C)ccc23)C[C@H]1C(=O)N[C@]1(C(=O)OC)C[C@H]1CC. The van der Waals surface area contributed by atoms with Gasteiger partial charge in [-0.2, -0.15) is 0 Å². The van der Waals surface area contributed by atoms with Gasteiger partial charge in [0.25, 0.3) is 5.92 Å². The average Bonchev–Trinajstić information content (AvgIpc) is 3.83. The van der Waals surface area contributed by atoms with Crippen LogP contribution in [-0.4, -0.2) is 130 Å². The number of thiazole rings is 1. The van der Waals surface area contributed by atoms with Crippen LogP contribution in [0.1, 0.15) is 93.4 Å². The predicted octanol–water partition coefficient (Wildman–Crippen LogP) is 8.13. The van der Waals surface area contributed by atoms with Gasteiger partial charge in [-0.05, 0) is 103 Å². The highest BCUT2D eigenvalue weighted by atomic mass is 35.5.